The summed E-state index contributed by atoms with van der Waals surface area (Å²) in [5, 5.41) is 4.51. The van der Waals surface area contributed by atoms with Crippen LogP contribution in [-0.4, -0.2) is 24.7 Å². The highest BCUT2D eigenvalue weighted by Gasteiger charge is 2.02. The fourth-order valence-electron chi connectivity index (χ4n) is 1.85. The van der Waals surface area contributed by atoms with Crippen molar-refractivity contribution in [3.8, 4) is 0 Å². The van der Waals surface area contributed by atoms with E-state index in [4.69, 9.17) is 4.74 Å². The first-order valence-corrected chi connectivity index (χ1v) is 7.32. The van der Waals surface area contributed by atoms with Crippen molar-refractivity contribution in [1.82, 2.24) is 4.98 Å². The molecule has 1 heterocycles. The van der Waals surface area contributed by atoms with Crippen molar-refractivity contribution >= 4 is 32.5 Å². The van der Waals surface area contributed by atoms with Crippen molar-refractivity contribution in [1.29, 1.82) is 0 Å². The van der Waals surface area contributed by atoms with Crippen molar-refractivity contribution < 1.29 is 4.74 Å². The van der Waals surface area contributed by atoms with Gasteiger partial charge in [0.05, 0.1) is 17.8 Å². The van der Waals surface area contributed by atoms with E-state index in [0.717, 1.165) is 34.2 Å². The zero-order valence-corrected chi connectivity index (χ0v) is 12.9. The van der Waals surface area contributed by atoms with Gasteiger partial charge in [-0.3, -0.25) is 4.98 Å². The van der Waals surface area contributed by atoms with Gasteiger partial charge in [-0.15, -0.1) is 0 Å². The van der Waals surface area contributed by atoms with Crippen molar-refractivity contribution in [2.24, 2.45) is 5.92 Å². The molecule has 0 fully saturated rings. The number of hydrogen-bond donors (Lipinski definition) is 1. The molecule has 0 saturated heterocycles. The van der Waals surface area contributed by atoms with E-state index in [1.165, 1.54) is 0 Å². The smallest absolute Gasteiger partial charge is 0.0934 e. The van der Waals surface area contributed by atoms with Crippen LogP contribution in [0.1, 0.15) is 13.8 Å². The van der Waals surface area contributed by atoms with Crippen LogP contribution >= 0.6 is 15.9 Å². The molecule has 0 radical (unpaired) electrons. The number of ether oxygens (including phenoxy) is 1. The Morgan fingerprint density at radius 2 is 2.21 bits per heavy atom. The van der Waals surface area contributed by atoms with E-state index in [0.29, 0.717) is 12.5 Å². The van der Waals surface area contributed by atoms with Crippen molar-refractivity contribution in [2.75, 3.05) is 25.1 Å². The Kier molecular flexibility index (Phi) is 5.16. The molecule has 102 valence electrons. The van der Waals surface area contributed by atoms with Crippen LogP contribution in [0.3, 0.4) is 0 Å². The third-order valence-electron chi connectivity index (χ3n) is 2.69. The monoisotopic (exact) mass is 322 g/mol. The first-order valence-electron chi connectivity index (χ1n) is 6.52. The second kappa shape index (κ2) is 6.87. The van der Waals surface area contributed by atoms with Crippen LogP contribution in [0.5, 0.6) is 0 Å². The third-order valence-corrected chi connectivity index (χ3v) is 3.12. The van der Waals surface area contributed by atoms with Gasteiger partial charge in [0.2, 0.25) is 0 Å². The molecule has 0 aliphatic carbocycles. The molecular weight excluding hydrogens is 304 g/mol. The Balaban J connectivity index is 1.97. The molecule has 1 aromatic heterocycles. The molecule has 1 N–H and O–H groups in total. The van der Waals surface area contributed by atoms with Crippen LogP contribution in [0.25, 0.3) is 10.9 Å². The van der Waals surface area contributed by atoms with E-state index in [1.54, 1.807) is 0 Å². The Morgan fingerprint density at radius 1 is 1.37 bits per heavy atom. The highest BCUT2D eigenvalue weighted by molar-refractivity contribution is 9.10. The standard InChI is InChI=1S/C15H19BrN2O/c1-11(2)10-19-7-6-17-14-5-3-4-12-8-13(16)9-18-15(12)14/h3-5,8-9,11,17H,6-7,10H2,1-2H3. The topological polar surface area (TPSA) is 34.1 Å². The normalized spacial score (nSPS) is 11.2. The van der Waals surface area contributed by atoms with Gasteiger partial charge in [-0.1, -0.05) is 26.0 Å². The molecule has 19 heavy (non-hydrogen) atoms. The summed E-state index contributed by atoms with van der Waals surface area (Å²) in [5.74, 6) is 0.580. The molecule has 4 heteroatoms. The molecule has 0 amide bonds. The molecule has 0 aliphatic rings. The van der Waals surface area contributed by atoms with Gasteiger partial charge in [-0.25, -0.2) is 0 Å². The number of nitrogens with zero attached hydrogens (tertiary/aromatic N) is 1. The van der Waals surface area contributed by atoms with Crippen molar-refractivity contribution in [3.05, 3.63) is 34.9 Å². The summed E-state index contributed by atoms with van der Waals surface area (Å²) in [7, 11) is 0. The average Bonchev–Trinajstić information content (AvgIpc) is 2.37. The van der Waals surface area contributed by atoms with Crippen molar-refractivity contribution in [2.45, 2.75) is 13.8 Å². The Bertz CT molecular complexity index is 543. The largest absolute Gasteiger partial charge is 0.381 e. The summed E-state index contributed by atoms with van der Waals surface area (Å²) in [6, 6.07) is 8.22. The van der Waals surface area contributed by atoms with E-state index in [9.17, 15) is 0 Å². The maximum atomic E-state index is 5.56. The molecule has 0 atom stereocenters. The molecule has 2 aromatic rings. The Labute approximate surface area is 122 Å². The predicted octanol–water partition coefficient (Wildman–Crippen LogP) is 4.08. The van der Waals surface area contributed by atoms with Crippen LogP contribution in [0.15, 0.2) is 34.9 Å². The number of benzene rings is 1. The molecule has 0 spiro atoms. The first-order chi connectivity index (χ1) is 9.16. The molecule has 0 saturated carbocycles. The van der Waals surface area contributed by atoms with Gasteiger partial charge in [0.1, 0.15) is 0 Å². The second-order valence-electron chi connectivity index (χ2n) is 4.93. The van der Waals surface area contributed by atoms with Crippen molar-refractivity contribution in [3.63, 3.8) is 0 Å². The van der Waals surface area contributed by atoms with Gasteiger partial charge in [0.15, 0.2) is 0 Å². The molecule has 0 unspecified atom stereocenters. The maximum absolute atomic E-state index is 5.56. The number of fused-ring (bicyclic) bond motifs is 1. The molecule has 2 rings (SSSR count). The number of nitrogens with one attached hydrogen (secondary N) is 1. The molecule has 0 aliphatic heterocycles. The molecule has 3 nitrogen and oxygen atoms in total. The number of hydrogen-bond acceptors (Lipinski definition) is 3. The highest BCUT2D eigenvalue weighted by atomic mass is 79.9. The summed E-state index contributed by atoms with van der Waals surface area (Å²) in [5.41, 5.74) is 2.05. The highest BCUT2D eigenvalue weighted by Crippen LogP contribution is 2.23. The van der Waals surface area contributed by atoms with Gasteiger partial charge in [0, 0.05) is 29.2 Å². The number of pyridine rings is 1. The second-order valence-corrected chi connectivity index (χ2v) is 5.84. The number of para-hydroxylation sites is 1. The predicted molar refractivity (Wildman–Crippen MR) is 83.6 cm³/mol. The lowest BCUT2D eigenvalue weighted by molar-refractivity contribution is 0.118. The van der Waals surface area contributed by atoms with E-state index in [2.05, 4.69) is 52.2 Å². The lowest BCUT2D eigenvalue weighted by Crippen LogP contribution is -2.12. The molecule has 0 bridgehead atoms. The van der Waals surface area contributed by atoms with Gasteiger partial charge >= 0.3 is 0 Å². The first kappa shape index (κ1) is 14.3. The van der Waals surface area contributed by atoms with Gasteiger partial charge < -0.3 is 10.1 Å². The molecule has 1 aromatic carbocycles. The van der Waals surface area contributed by atoms with Crippen LogP contribution in [0.2, 0.25) is 0 Å². The summed E-state index contributed by atoms with van der Waals surface area (Å²) in [4.78, 5) is 4.46. The van der Waals surface area contributed by atoms with Gasteiger partial charge in [-0.2, -0.15) is 0 Å². The van der Waals surface area contributed by atoms with Crippen LogP contribution in [0, 0.1) is 5.92 Å². The zero-order valence-electron chi connectivity index (χ0n) is 11.3. The van der Waals surface area contributed by atoms with Crippen LogP contribution < -0.4 is 5.32 Å². The lowest BCUT2D eigenvalue weighted by Gasteiger charge is -2.10. The summed E-state index contributed by atoms with van der Waals surface area (Å²) >= 11 is 3.44. The SMILES string of the molecule is CC(C)COCCNc1cccc2cc(Br)cnc12. The van der Waals surface area contributed by atoms with E-state index >= 15 is 0 Å². The fourth-order valence-corrected chi connectivity index (χ4v) is 2.20. The van der Waals surface area contributed by atoms with Crippen LogP contribution in [0.4, 0.5) is 5.69 Å². The Hall–Kier alpha value is -1.13. The van der Waals surface area contributed by atoms with E-state index < -0.39 is 0 Å². The van der Waals surface area contributed by atoms with Crippen LogP contribution in [-0.2, 0) is 4.74 Å². The van der Waals surface area contributed by atoms with E-state index in [1.807, 2.05) is 18.3 Å². The van der Waals surface area contributed by atoms with Gasteiger partial charge in [-0.05, 0) is 34.0 Å². The number of rotatable bonds is 6. The minimum Gasteiger partial charge on any atom is -0.381 e. The van der Waals surface area contributed by atoms with E-state index in [-0.39, 0.29) is 0 Å². The zero-order chi connectivity index (χ0) is 13.7. The summed E-state index contributed by atoms with van der Waals surface area (Å²) in [6.07, 6.45) is 1.82. The summed E-state index contributed by atoms with van der Waals surface area (Å²) < 4.78 is 6.56. The minimum absolute atomic E-state index is 0.580. The fraction of sp³-hybridized carbons (Fsp3) is 0.400. The minimum atomic E-state index is 0.580. The average molecular weight is 323 g/mol. The Morgan fingerprint density at radius 3 is 3.00 bits per heavy atom. The quantitative estimate of drug-likeness (QED) is 0.813. The summed E-state index contributed by atoms with van der Waals surface area (Å²) in [6.45, 7) is 6.62. The number of anilines is 1. The maximum Gasteiger partial charge on any atom is 0.0934 e. The molecular formula is C15H19BrN2O. The third kappa shape index (κ3) is 4.18. The van der Waals surface area contributed by atoms with Gasteiger partial charge in [0.25, 0.3) is 0 Å². The number of halogens is 1. The lowest BCUT2D eigenvalue weighted by atomic mass is 10.2. The number of aromatic nitrogens is 1.